The molecule has 0 unspecified atom stereocenters. The minimum atomic E-state index is -3.68. The number of anilines is 1. The van der Waals surface area contributed by atoms with Gasteiger partial charge in [-0.05, 0) is 49.7 Å². The van der Waals surface area contributed by atoms with Crippen molar-refractivity contribution in [2.24, 2.45) is 0 Å². The van der Waals surface area contributed by atoms with Crippen molar-refractivity contribution in [3.05, 3.63) is 65.7 Å². The van der Waals surface area contributed by atoms with E-state index in [1.807, 2.05) is 6.92 Å². The molecular weight excluding hydrogens is 298 g/mol. The van der Waals surface area contributed by atoms with Crippen molar-refractivity contribution in [1.29, 1.82) is 0 Å². The fraction of sp³-hybridized carbons (Fsp3) is 0.118. The highest BCUT2D eigenvalue weighted by Gasteiger charge is 2.15. The van der Waals surface area contributed by atoms with Crippen LogP contribution in [0.3, 0.4) is 0 Å². The van der Waals surface area contributed by atoms with Gasteiger partial charge in [-0.2, -0.15) is 0 Å². The smallest absolute Gasteiger partial charge is 0.261 e. The van der Waals surface area contributed by atoms with Crippen LogP contribution in [0.15, 0.2) is 53.9 Å². The number of benzene rings is 2. The van der Waals surface area contributed by atoms with Crippen molar-refractivity contribution in [3.63, 3.8) is 0 Å². The predicted molar refractivity (Wildman–Crippen MR) is 88.5 cm³/mol. The molecule has 4 nitrogen and oxygen atoms in total. The second kappa shape index (κ2) is 6.15. The molecule has 0 radical (unpaired) electrons. The maximum absolute atomic E-state index is 12.4. The molecule has 5 heteroatoms. The predicted octanol–water partition coefficient (Wildman–Crippen LogP) is 3.64. The van der Waals surface area contributed by atoms with E-state index in [9.17, 15) is 13.2 Å². The van der Waals surface area contributed by atoms with E-state index in [0.717, 1.165) is 5.56 Å². The number of nitrogens with one attached hydrogen (secondary N) is 1. The number of rotatable bonds is 5. The Kier molecular flexibility index (Phi) is 4.47. The Morgan fingerprint density at radius 3 is 2.32 bits per heavy atom. The Labute approximate surface area is 130 Å². The fourth-order valence-electron chi connectivity index (χ4n) is 1.96. The van der Waals surface area contributed by atoms with Crippen LogP contribution in [0.2, 0.25) is 0 Å². The number of hydrogen-bond donors (Lipinski definition) is 1. The van der Waals surface area contributed by atoms with Gasteiger partial charge in [-0.15, -0.1) is 0 Å². The lowest BCUT2D eigenvalue weighted by atomic mass is 10.1. The minimum Gasteiger partial charge on any atom is -0.295 e. The standard InChI is InChI=1S/C17H17NO3S/c1-4-14-11-15(13(3)19)7-10-17(14)18-22(20,21)16-8-5-12(2)6-9-16/h4-11,18H,1H2,2-3H3. The summed E-state index contributed by atoms with van der Waals surface area (Å²) in [7, 11) is -3.68. The molecule has 2 rings (SSSR count). The van der Waals surface area contributed by atoms with Gasteiger partial charge < -0.3 is 0 Å². The van der Waals surface area contributed by atoms with Gasteiger partial charge in [-0.3, -0.25) is 9.52 Å². The Hall–Kier alpha value is -2.40. The third kappa shape index (κ3) is 3.43. The summed E-state index contributed by atoms with van der Waals surface area (Å²) in [4.78, 5) is 11.6. The first kappa shape index (κ1) is 16.0. The van der Waals surface area contributed by atoms with Gasteiger partial charge in [0.05, 0.1) is 10.6 Å². The lowest BCUT2D eigenvalue weighted by molar-refractivity contribution is 0.101. The van der Waals surface area contributed by atoms with E-state index in [4.69, 9.17) is 0 Å². The molecule has 0 atom stereocenters. The molecule has 2 aromatic carbocycles. The molecule has 0 bridgehead atoms. The maximum atomic E-state index is 12.4. The quantitative estimate of drug-likeness (QED) is 0.857. The zero-order valence-electron chi connectivity index (χ0n) is 12.5. The van der Waals surface area contributed by atoms with Crippen LogP contribution < -0.4 is 4.72 Å². The SMILES string of the molecule is C=Cc1cc(C(C)=O)ccc1NS(=O)(=O)c1ccc(C)cc1. The van der Waals surface area contributed by atoms with Crippen molar-refractivity contribution >= 4 is 27.6 Å². The average Bonchev–Trinajstić information content (AvgIpc) is 2.47. The van der Waals surface area contributed by atoms with Gasteiger partial charge in [-0.25, -0.2) is 8.42 Å². The van der Waals surface area contributed by atoms with Gasteiger partial charge in [0.2, 0.25) is 0 Å². The molecule has 1 N–H and O–H groups in total. The van der Waals surface area contributed by atoms with E-state index < -0.39 is 10.0 Å². The molecule has 22 heavy (non-hydrogen) atoms. The Balaban J connectivity index is 2.39. The summed E-state index contributed by atoms with van der Waals surface area (Å²) < 4.78 is 27.3. The Bertz CT molecular complexity index is 821. The first-order valence-electron chi connectivity index (χ1n) is 6.70. The van der Waals surface area contributed by atoms with E-state index in [1.165, 1.54) is 13.0 Å². The third-order valence-electron chi connectivity index (χ3n) is 3.25. The maximum Gasteiger partial charge on any atom is 0.261 e. The van der Waals surface area contributed by atoms with Gasteiger partial charge in [0, 0.05) is 5.56 Å². The molecule has 0 aliphatic heterocycles. The van der Waals surface area contributed by atoms with Gasteiger partial charge in [0.1, 0.15) is 0 Å². The van der Waals surface area contributed by atoms with Crippen molar-refractivity contribution in [1.82, 2.24) is 0 Å². The summed E-state index contributed by atoms with van der Waals surface area (Å²) in [5.74, 6) is -0.0870. The Morgan fingerprint density at radius 1 is 1.14 bits per heavy atom. The Morgan fingerprint density at radius 2 is 1.77 bits per heavy atom. The molecule has 0 saturated carbocycles. The molecule has 114 valence electrons. The second-order valence-corrected chi connectivity index (χ2v) is 6.66. The van der Waals surface area contributed by atoms with Gasteiger partial charge in [-0.1, -0.05) is 30.4 Å². The van der Waals surface area contributed by atoms with Crippen molar-refractivity contribution in [3.8, 4) is 0 Å². The number of ketones is 1. The lowest BCUT2D eigenvalue weighted by Crippen LogP contribution is -2.14. The van der Waals surface area contributed by atoms with Gasteiger partial charge >= 0.3 is 0 Å². The van der Waals surface area contributed by atoms with Crippen LogP contribution in [-0.2, 0) is 10.0 Å². The van der Waals surface area contributed by atoms with Crippen LogP contribution in [0, 0.1) is 6.92 Å². The van der Waals surface area contributed by atoms with E-state index in [-0.39, 0.29) is 10.7 Å². The first-order valence-corrected chi connectivity index (χ1v) is 8.19. The molecule has 0 aliphatic carbocycles. The number of carbonyl (C=O) groups excluding carboxylic acids is 1. The number of hydrogen-bond acceptors (Lipinski definition) is 3. The van der Waals surface area contributed by atoms with E-state index in [1.54, 1.807) is 42.5 Å². The van der Waals surface area contributed by atoms with Gasteiger partial charge in [0.25, 0.3) is 10.0 Å². The van der Waals surface area contributed by atoms with Crippen molar-refractivity contribution < 1.29 is 13.2 Å². The highest BCUT2D eigenvalue weighted by atomic mass is 32.2. The van der Waals surface area contributed by atoms with Crippen LogP contribution in [0.1, 0.15) is 28.4 Å². The molecule has 2 aromatic rings. The average molecular weight is 315 g/mol. The highest BCUT2D eigenvalue weighted by Crippen LogP contribution is 2.23. The van der Waals surface area contributed by atoms with E-state index in [2.05, 4.69) is 11.3 Å². The molecular formula is C17H17NO3S. The second-order valence-electron chi connectivity index (χ2n) is 4.98. The molecule has 0 fully saturated rings. The summed E-state index contributed by atoms with van der Waals surface area (Å²) in [6.07, 6.45) is 1.51. The van der Waals surface area contributed by atoms with Crippen LogP contribution in [-0.4, -0.2) is 14.2 Å². The summed E-state index contributed by atoms with van der Waals surface area (Å²) in [6.45, 7) is 7.01. The number of sulfonamides is 1. The molecule has 0 aromatic heterocycles. The summed E-state index contributed by atoms with van der Waals surface area (Å²) >= 11 is 0. The highest BCUT2D eigenvalue weighted by molar-refractivity contribution is 7.92. The van der Waals surface area contributed by atoms with Crippen molar-refractivity contribution in [2.45, 2.75) is 18.7 Å². The zero-order valence-corrected chi connectivity index (χ0v) is 13.3. The number of Topliss-reactive ketones (excluding diaryl/α,β-unsaturated/α-hetero) is 1. The van der Waals surface area contributed by atoms with E-state index in [0.29, 0.717) is 16.8 Å². The normalized spacial score (nSPS) is 11.0. The molecule has 0 amide bonds. The minimum absolute atomic E-state index is 0.0870. The topological polar surface area (TPSA) is 63.2 Å². The van der Waals surface area contributed by atoms with Gasteiger partial charge in [0.15, 0.2) is 5.78 Å². The first-order chi connectivity index (χ1) is 10.3. The number of carbonyl (C=O) groups is 1. The monoisotopic (exact) mass is 315 g/mol. The van der Waals surface area contributed by atoms with Crippen molar-refractivity contribution in [2.75, 3.05) is 4.72 Å². The van der Waals surface area contributed by atoms with Crippen LogP contribution in [0.25, 0.3) is 6.08 Å². The fourth-order valence-corrected chi connectivity index (χ4v) is 3.05. The van der Waals surface area contributed by atoms with Crippen LogP contribution >= 0.6 is 0 Å². The molecule has 0 spiro atoms. The van der Waals surface area contributed by atoms with Crippen LogP contribution in [0.5, 0.6) is 0 Å². The summed E-state index contributed by atoms with van der Waals surface area (Å²) in [6, 6.07) is 11.3. The number of aryl methyl sites for hydroxylation is 1. The van der Waals surface area contributed by atoms with E-state index >= 15 is 0 Å². The molecule has 0 saturated heterocycles. The molecule has 0 aliphatic rings. The molecule has 0 heterocycles. The van der Waals surface area contributed by atoms with Crippen LogP contribution in [0.4, 0.5) is 5.69 Å². The summed E-state index contributed by atoms with van der Waals surface area (Å²) in [5, 5.41) is 0. The summed E-state index contributed by atoms with van der Waals surface area (Å²) in [5.41, 5.74) is 2.44. The lowest BCUT2D eigenvalue weighted by Gasteiger charge is -2.12. The zero-order chi connectivity index (χ0) is 16.3. The third-order valence-corrected chi connectivity index (χ3v) is 4.64. The largest absolute Gasteiger partial charge is 0.295 e.